The van der Waals surface area contributed by atoms with Gasteiger partial charge in [0.15, 0.2) is 0 Å². The molecule has 0 unspecified atom stereocenters. The average Bonchev–Trinajstić information content (AvgIpc) is 2.40. The van der Waals surface area contributed by atoms with Crippen molar-refractivity contribution >= 4 is 34.8 Å². The molecule has 0 aromatic heterocycles. The number of nitrogens with two attached hydrogens (primary N) is 1. The predicted molar refractivity (Wildman–Crippen MR) is 87.9 cm³/mol. The number of anilines is 1. The van der Waals surface area contributed by atoms with Gasteiger partial charge in [-0.05, 0) is 42.3 Å². The number of nitrogens with zero attached hydrogens (tertiary/aromatic N) is 1. The molecule has 0 radical (unpaired) electrons. The normalized spacial score (nSPS) is 10.5. The van der Waals surface area contributed by atoms with Crippen LogP contribution in [0.3, 0.4) is 0 Å². The summed E-state index contributed by atoms with van der Waals surface area (Å²) < 4.78 is 0. The number of rotatable bonds is 3. The van der Waals surface area contributed by atoms with E-state index in [1.165, 1.54) is 0 Å². The van der Waals surface area contributed by atoms with Crippen molar-refractivity contribution in [1.29, 1.82) is 0 Å². The zero-order valence-electron chi connectivity index (χ0n) is 11.9. The highest BCUT2D eigenvalue weighted by molar-refractivity contribution is 6.34. The van der Waals surface area contributed by atoms with E-state index < -0.39 is 0 Å². The van der Waals surface area contributed by atoms with Gasteiger partial charge < -0.3 is 10.6 Å². The van der Waals surface area contributed by atoms with Crippen LogP contribution in [0.5, 0.6) is 0 Å². The number of para-hydroxylation sites is 1. The predicted octanol–water partition coefficient (Wildman–Crippen LogP) is 4.16. The van der Waals surface area contributed by atoms with E-state index in [1.807, 2.05) is 19.1 Å². The molecule has 110 valence electrons. The lowest BCUT2D eigenvalue weighted by atomic mass is 10.1. The molecule has 0 fully saturated rings. The van der Waals surface area contributed by atoms with Gasteiger partial charge >= 0.3 is 0 Å². The maximum absolute atomic E-state index is 12.5. The summed E-state index contributed by atoms with van der Waals surface area (Å²) in [7, 11) is 1.72. The smallest absolute Gasteiger partial charge is 0.255 e. The van der Waals surface area contributed by atoms with Gasteiger partial charge in [-0.25, -0.2) is 0 Å². The zero-order valence-corrected chi connectivity index (χ0v) is 13.4. The van der Waals surface area contributed by atoms with Crippen molar-refractivity contribution in [3.63, 3.8) is 0 Å². The van der Waals surface area contributed by atoms with Crippen molar-refractivity contribution in [3.8, 4) is 0 Å². The Balaban J connectivity index is 2.21. The molecular weight excluding hydrogens is 307 g/mol. The fraction of sp³-hybridized carbons (Fsp3) is 0.188. The molecule has 3 nitrogen and oxygen atoms in total. The fourth-order valence-corrected chi connectivity index (χ4v) is 2.69. The molecule has 0 bridgehead atoms. The summed E-state index contributed by atoms with van der Waals surface area (Å²) in [5.41, 5.74) is 8.75. The average molecular weight is 323 g/mol. The minimum atomic E-state index is -0.132. The summed E-state index contributed by atoms with van der Waals surface area (Å²) in [5.74, 6) is -0.132. The Labute approximate surface area is 134 Å². The quantitative estimate of drug-likeness (QED) is 0.862. The fourth-order valence-electron chi connectivity index (χ4n) is 2.12. The Morgan fingerprint density at radius 2 is 1.81 bits per heavy atom. The lowest BCUT2D eigenvalue weighted by molar-refractivity contribution is 0.0786. The highest BCUT2D eigenvalue weighted by Crippen LogP contribution is 2.22. The largest absolute Gasteiger partial charge is 0.398 e. The summed E-state index contributed by atoms with van der Waals surface area (Å²) in [4.78, 5) is 14.1. The number of aryl methyl sites for hydroxylation is 1. The Morgan fingerprint density at radius 1 is 1.19 bits per heavy atom. The Kier molecular flexibility index (Phi) is 4.76. The van der Waals surface area contributed by atoms with E-state index in [4.69, 9.17) is 28.9 Å². The molecule has 0 aliphatic heterocycles. The molecule has 2 rings (SSSR count). The van der Waals surface area contributed by atoms with Gasteiger partial charge in [0.25, 0.3) is 5.91 Å². The third kappa shape index (κ3) is 3.69. The molecule has 0 spiro atoms. The molecule has 0 aliphatic carbocycles. The number of amides is 1. The van der Waals surface area contributed by atoms with Gasteiger partial charge in [-0.1, -0.05) is 35.3 Å². The van der Waals surface area contributed by atoms with Crippen LogP contribution in [0, 0.1) is 6.92 Å². The van der Waals surface area contributed by atoms with Gasteiger partial charge in [0.2, 0.25) is 0 Å². The van der Waals surface area contributed by atoms with E-state index in [2.05, 4.69) is 0 Å². The van der Waals surface area contributed by atoms with Crippen LogP contribution in [-0.2, 0) is 6.54 Å². The SMILES string of the molecule is Cc1cccc(C(=O)N(C)Cc2cc(Cl)cc(Cl)c2)c1N. The van der Waals surface area contributed by atoms with E-state index in [9.17, 15) is 4.79 Å². The van der Waals surface area contributed by atoms with Crippen LogP contribution in [0.1, 0.15) is 21.5 Å². The Hall–Kier alpha value is -1.71. The summed E-state index contributed by atoms with van der Waals surface area (Å²) >= 11 is 11.9. The summed E-state index contributed by atoms with van der Waals surface area (Å²) in [6.07, 6.45) is 0. The Bertz CT molecular complexity index is 666. The number of benzene rings is 2. The van der Waals surface area contributed by atoms with Crippen LogP contribution < -0.4 is 5.73 Å². The molecule has 2 aromatic carbocycles. The minimum Gasteiger partial charge on any atom is -0.398 e. The third-order valence-corrected chi connectivity index (χ3v) is 3.68. The number of hydrogen-bond donors (Lipinski definition) is 1. The van der Waals surface area contributed by atoms with Gasteiger partial charge in [0, 0.05) is 29.3 Å². The van der Waals surface area contributed by atoms with Crippen molar-refractivity contribution in [2.75, 3.05) is 12.8 Å². The van der Waals surface area contributed by atoms with E-state index in [0.29, 0.717) is 27.8 Å². The molecule has 0 saturated carbocycles. The lowest BCUT2D eigenvalue weighted by Crippen LogP contribution is -2.27. The van der Waals surface area contributed by atoms with E-state index in [-0.39, 0.29) is 5.91 Å². The molecular formula is C16H16Cl2N2O. The second kappa shape index (κ2) is 6.37. The summed E-state index contributed by atoms with van der Waals surface area (Å²) in [5, 5.41) is 1.10. The van der Waals surface area contributed by atoms with Crippen molar-refractivity contribution in [3.05, 3.63) is 63.1 Å². The first-order valence-corrected chi connectivity index (χ1v) is 7.19. The van der Waals surface area contributed by atoms with Gasteiger partial charge in [0.1, 0.15) is 0 Å². The minimum absolute atomic E-state index is 0.132. The molecule has 0 atom stereocenters. The zero-order chi connectivity index (χ0) is 15.6. The molecule has 0 saturated heterocycles. The second-order valence-electron chi connectivity index (χ2n) is 4.98. The van der Waals surface area contributed by atoms with Gasteiger partial charge in [-0.3, -0.25) is 4.79 Å². The van der Waals surface area contributed by atoms with Crippen molar-refractivity contribution in [2.45, 2.75) is 13.5 Å². The monoisotopic (exact) mass is 322 g/mol. The van der Waals surface area contributed by atoms with E-state index >= 15 is 0 Å². The molecule has 0 aliphatic rings. The molecule has 21 heavy (non-hydrogen) atoms. The number of nitrogen functional groups attached to an aromatic ring is 1. The molecule has 2 aromatic rings. The molecule has 0 heterocycles. The number of carbonyl (C=O) groups excluding carboxylic acids is 1. The maximum atomic E-state index is 12.5. The summed E-state index contributed by atoms with van der Waals surface area (Å²) in [6, 6.07) is 10.7. The van der Waals surface area contributed by atoms with E-state index in [0.717, 1.165) is 11.1 Å². The lowest BCUT2D eigenvalue weighted by Gasteiger charge is -2.19. The Morgan fingerprint density at radius 3 is 2.43 bits per heavy atom. The topological polar surface area (TPSA) is 46.3 Å². The first kappa shape index (κ1) is 15.7. The molecule has 1 amide bonds. The van der Waals surface area contributed by atoms with Crippen molar-refractivity contribution in [1.82, 2.24) is 4.90 Å². The standard InChI is InChI=1S/C16H16Cl2N2O/c1-10-4-3-5-14(15(10)19)16(21)20(2)9-11-6-12(17)8-13(18)7-11/h3-8H,9,19H2,1-2H3. The van der Waals surface area contributed by atoms with Crippen LogP contribution in [-0.4, -0.2) is 17.9 Å². The van der Waals surface area contributed by atoms with Crippen LogP contribution in [0.15, 0.2) is 36.4 Å². The number of halogens is 2. The van der Waals surface area contributed by atoms with Gasteiger partial charge in [0.05, 0.1) is 5.56 Å². The summed E-state index contributed by atoms with van der Waals surface area (Å²) in [6.45, 7) is 2.29. The first-order chi connectivity index (χ1) is 9.88. The highest BCUT2D eigenvalue weighted by atomic mass is 35.5. The highest BCUT2D eigenvalue weighted by Gasteiger charge is 2.16. The van der Waals surface area contributed by atoms with Crippen LogP contribution in [0.25, 0.3) is 0 Å². The van der Waals surface area contributed by atoms with Crippen molar-refractivity contribution < 1.29 is 4.79 Å². The van der Waals surface area contributed by atoms with Crippen molar-refractivity contribution in [2.24, 2.45) is 0 Å². The number of carbonyl (C=O) groups is 1. The van der Waals surface area contributed by atoms with Gasteiger partial charge in [-0.15, -0.1) is 0 Å². The maximum Gasteiger partial charge on any atom is 0.255 e. The van der Waals surface area contributed by atoms with Crippen LogP contribution >= 0.6 is 23.2 Å². The first-order valence-electron chi connectivity index (χ1n) is 6.44. The second-order valence-corrected chi connectivity index (χ2v) is 5.85. The van der Waals surface area contributed by atoms with Crippen LogP contribution in [0.2, 0.25) is 10.0 Å². The third-order valence-electron chi connectivity index (χ3n) is 3.24. The van der Waals surface area contributed by atoms with E-state index in [1.54, 1.807) is 36.2 Å². The van der Waals surface area contributed by atoms with Gasteiger partial charge in [-0.2, -0.15) is 0 Å². The number of hydrogen-bond acceptors (Lipinski definition) is 2. The van der Waals surface area contributed by atoms with Crippen LogP contribution in [0.4, 0.5) is 5.69 Å². The molecule has 2 N–H and O–H groups in total. The molecule has 5 heteroatoms.